The van der Waals surface area contributed by atoms with E-state index >= 15 is 0 Å². The molecule has 38 heavy (non-hydrogen) atoms. The summed E-state index contributed by atoms with van der Waals surface area (Å²) in [7, 11) is 0. The van der Waals surface area contributed by atoms with Gasteiger partial charge in [-0.3, -0.25) is 4.79 Å². The Hall–Kier alpha value is -3.26. The molecule has 3 heteroatoms. The molecule has 0 aliphatic heterocycles. The van der Waals surface area contributed by atoms with E-state index in [0.717, 1.165) is 16.7 Å². The summed E-state index contributed by atoms with van der Waals surface area (Å²) in [6.07, 6.45) is 1.17. The molecule has 4 aromatic carbocycles. The van der Waals surface area contributed by atoms with Crippen molar-refractivity contribution in [3.63, 3.8) is 0 Å². The third kappa shape index (κ3) is 8.12. The van der Waals surface area contributed by atoms with E-state index in [1.165, 1.54) is 70.0 Å². The molecule has 4 aromatic rings. The van der Waals surface area contributed by atoms with Gasteiger partial charge in [0.25, 0.3) is 0 Å². The van der Waals surface area contributed by atoms with Gasteiger partial charge in [-0.15, -0.1) is 34.9 Å². The van der Waals surface area contributed by atoms with Gasteiger partial charge in [0.2, 0.25) is 0 Å². The van der Waals surface area contributed by atoms with Crippen molar-refractivity contribution in [3.8, 4) is 33.4 Å². The summed E-state index contributed by atoms with van der Waals surface area (Å²) in [6.45, 7) is 15.8. The van der Waals surface area contributed by atoms with E-state index in [0.29, 0.717) is 0 Å². The maximum atomic E-state index is 10.0. The molecule has 0 fully saturated rings. The minimum absolute atomic E-state index is 0. The second-order valence-electron chi connectivity index (χ2n) is 9.97. The fourth-order valence-electron chi connectivity index (χ4n) is 4.82. The Morgan fingerprint density at radius 2 is 1.37 bits per heavy atom. The Labute approximate surface area is 241 Å². The number of aliphatic hydroxyl groups excluding tert-OH is 1. The van der Waals surface area contributed by atoms with E-state index in [1.54, 1.807) is 0 Å². The SMILES string of the molecule is CC(=O)/C=C(/C)O.Cc1[c-]c(-c2[c-]cc(-c3c(C)cccc3C)cc2-c2cc(C)cc(C)c2)cc(C)c1.[Ir]. The molecule has 0 atom stereocenters. The minimum atomic E-state index is -0.125. The second kappa shape index (κ2) is 13.5. The fourth-order valence-corrected chi connectivity index (χ4v) is 4.82. The Bertz CT molecular complexity index is 1410. The summed E-state index contributed by atoms with van der Waals surface area (Å²) in [5.41, 5.74) is 14.7. The molecule has 0 saturated carbocycles. The zero-order chi connectivity index (χ0) is 27.3. The molecule has 0 bridgehead atoms. The van der Waals surface area contributed by atoms with Gasteiger partial charge >= 0.3 is 0 Å². The molecule has 1 radical (unpaired) electrons. The zero-order valence-electron chi connectivity index (χ0n) is 23.5. The molecule has 1 N–H and O–H groups in total. The van der Waals surface area contributed by atoms with Crippen LogP contribution in [0.2, 0.25) is 0 Å². The van der Waals surface area contributed by atoms with Crippen molar-refractivity contribution < 1.29 is 30.0 Å². The van der Waals surface area contributed by atoms with Gasteiger partial charge in [0, 0.05) is 26.2 Å². The molecule has 0 aromatic heterocycles. The number of benzene rings is 4. The molecule has 4 rings (SSSR count). The third-order valence-corrected chi connectivity index (χ3v) is 6.07. The predicted octanol–water partition coefficient (Wildman–Crippen LogP) is 9.17. The summed E-state index contributed by atoms with van der Waals surface area (Å²) in [5, 5.41) is 8.36. The molecule has 0 unspecified atom stereocenters. The summed E-state index contributed by atoms with van der Waals surface area (Å²) in [4.78, 5) is 10.0. The number of carbonyl (C=O) groups is 1. The van der Waals surface area contributed by atoms with Crippen molar-refractivity contribution >= 4 is 5.78 Å². The smallest absolute Gasteiger partial charge is 0.155 e. The normalized spacial score (nSPS) is 10.8. The predicted molar refractivity (Wildman–Crippen MR) is 156 cm³/mol. The summed E-state index contributed by atoms with van der Waals surface area (Å²) >= 11 is 0. The molecule has 0 heterocycles. The van der Waals surface area contributed by atoms with Crippen LogP contribution in [0.3, 0.4) is 0 Å². The van der Waals surface area contributed by atoms with Crippen LogP contribution in [0.15, 0.2) is 72.5 Å². The van der Waals surface area contributed by atoms with Crippen LogP contribution >= 0.6 is 0 Å². The van der Waals surface area contributed by atoms with Crippen LogP contribution in [-0.2, 0) is 24.9 Å². The summed E-state index contributed by atoms with van der Waals surface area (Å²) < 4.78 is 0. The monoisotopic (exact) mass is 681 g/mol. The van der Waals surface area contributed by atoms with E-state index in [1.807, 2.05) is 0 Å². The quantitative estimate of drug-likeness (QED) is 0.133. The van der Waals surface area contributed by atoms with Gasteiger partial charge in [0.15, 0.2) is 5.78 Å². The maximum absolute atomic E-state index is 10.0. The zero-order valence-corrected chi connectivity index (χ0v) is 25.9. The van der Waals surface area contributed by atoms with Gasteiger partial charge in [0.05, 0.1) is 5.76 Å². The van der Waals surface area contributed by atoms with Gasteiger partial charge in [0.1, 0.15) is 0 Å². The van der Waals surface area contributed by atoms with Crippen molar-refractivity contribution in [1.82, 2.24) is 0 Å². The topological polar surface area (TPSA) is 37.3 Å². The van der Waals surface area contributed by atoms with Gasteiger partial charge in [-0.1, -0.05) is 89.2 Å². The first-order chi connectivity index (χ1) is 17.4. The third-order valence-electron chi connectivity index (χ3n) is 6.07. The maximum Gasteiger partial charge on any atom is 0.155 e. The average molecular weight is 681 g/mol. The van der Waals surface area contributed by atoms with Gasteiger partial charge < -0.3 is 5.11 Å². The van der Waals surface area contributed by atoms with Crippen LogP contribution in [0.1, 0.15) is 47.2 Å². The van der Waals surface area contributed by atoms with E-state index in [9.17, 15) is 4.79 Å². The van der Waals surface area contributed by atoms with Crippen LogP contribution in [-0.4, -0.2) is 10.9 Å². The molecule has 199 valence electrons. The minimum Gasteiger partial charge on any atom is -0.512 e. The van der Waals surface area contributed by atoms with Crippen LogP contribution in [0.25, 0.3) is 33.4 Å². The standard InChI is InChI=1S/C30H28.C5H8O2.Ir/c1-19-12-20(2)15-26(14-19)28-11-10-25(30-23(5)8-7-9-24(30)6)18-29(28)27-16-21(3)13-22(4)17-27;1-4(6)3-5(2)7;/h7-10,12-14,16-18H,1-6H3;3,6H,1-2H3;/q-2;;/b;4-3-;. The first-order valence-corrected chi connectivity index (χ1v) is 12.5. The van der Waals surface area contributed by atoms with E-state index < -0.39 is 0 Å². The molecule has 0 aliphatic rings. The van der Waals surface area contributed by atoms with Crippen LogP contribution < -0.4 is 0 Å². The molecule has 0 spiro atoms. The molecular weight excluding hydrogens is 645 g/mol. The Balaban J connectivity index is 0.000000561. The number of hydrogen-bond donors (Lipinski definition) is 1. The van der Waals surface area contributed by atoms with Gasteiger partial charge in [-0.05, 0) is 41.5 Å². The number of allylic oxidation sites excluding steroid dienone is 2. The number of carbonyl (C=O) groups excluding carboxylic acids is 1. The number of ketones is 1. The average Bonchev–Trinajstić information content (AvgIpc) is 2.77. The van der Waals surface area contributed by atoms with Crippen LogP contribution in [0, 0.1) is 53.7 Å². The second-order valence-corrected chi connectivity index (χ2v) is 9.97. The van der Waals surface area contributed by atoms with Crippen molar-refractivity contribution in [2.75, 3.05) is 0 Å². The molecule has 0 amide bonds. The first-order valence-electron chi connectivity index (χ1n) is 12.5. The van der Waals surface area contributed by atoms with Gasteiger partial charge in [-0.25, -0.2) is 11.1 Å². The van der Waals surface area contributed by atoms with Crippen LogP contribution in [0.4, 0.5) is 0 Å². The van der Waals surface area contributed by atoms with E-state index in [4.69, 9.17) is 5.11 Å². The number of aryl methyl sites for hydroxylation is 6. The number of rotatable bonds is 4. The summed E-state index contributed by atoms with van der Waals surface area (Å²) in [5.74, 6) is -0.0625. The molecular formula is C35H36IrO2-2. The Kier molecular flexibility index (Phi) is 11.0. The Morgan fingerprint density at radius 3 is 1.87 bits per heavy atom. The van der Waals surface area contributed by atoms with Crippen molar-refractivity contribution in [2.24, 2.45) is 0 Å². The molecule has 2 nitrogen and oxygen atoms in total. The first kappa shape index (κ1) is 31.0. The van der Waals surface area contributed by atoms with E-state index in [-0.39, 0.29) is 31.6 Å². The van der Waals surface area contributed by atoms with Crippen molar-refractivity contribution in [3.05, 3.63) is 118 Å². The van der Waals surface area contributed by atoms with E-state index in [2.05, 4.69) is 114 Å². The fraction of sp³-hybridized carbons (Fsp3) is 0.229. The molecule has 0 saturated heterocycles. The largest absolute Gasteiger partial charge is 0.512 e. The number of aliphatic hydroxyl groups is 1. The molecule has 0 aliphatic carbocycles. The van der Waals surface area contributed by atoms with Crippen LogP contribution in [0.5, 0.6) is 0 Å². The van der Waals surface area contributed by atoms with Crippen molar-refractivity contribution in [1.29, 1.82) is 0 Å². The number of hydrogen-bond acceptors (Lipinski definition) is 2. The van der Waals surface area contributed by atoms with Gasteiger partial charge in [-0.2, -0.15) is 18.2 Å². The van der Waals surface area contributed by atoms with Crippen molar-refractivity contribution in [2.45, 2.75) is 55.4 Å². The Morgan fingerprint density at radius 1 is 0.789 bits per heavy atom. The summed E-state index contributed by atoms with van der Waals surface area (Å²) in [6, 6.07) is 29.3.